The maximum Gasteiger partial charge on any atom is 0.108 e. The van der Waals surface area contributed by atoms with E-state index in [2.05, 4.69) is 13.2 Å². The van der Waals surface area contributed by atoms with Crippen LogP contribution in [0.3, 0.4) is 0 Å². The van der Waals surface area contributed by atoms with Gasteiger partial charge in [-0.1, -0.05) is 25.3 Å². The van der Waals surface area contributed by atoms with Crippen molar-refractivity contribution in [1.82, 2.24) is 0 Å². The molecule has 38 valence electrons. The number of aliphatic hydroxyl groups is 1. The average Bonchev–Trinajstić information content (AvgIpc) is 1.61. The smallest absolute Gasteiger partial charge is 0.108 e. The fraction of sp³-hybridized carbons (Fsp3) is 0. The Kier molecular flexibility index (Phi) is 2.77. The first kappa shape index (κ1) is 6.02. The van der Waals surface area contributed by atoms with Crippen molar-refractivity contribution in [3.8, 4) is 0 Å². The lowest BCUT2D eigenvalue weighted by atomic mass is 10.4. The van der Waals surface area contributed by atoms with Crippen molar-refractivity contribution in [3.63, 3.8) is 0 Å². The number of hydrogen-bond acceptors (Lipinski definition) is 1. The second-order valence-corrected chi connectivity index (χ2v) is 1.09. The Hall–Kier alpha value is -0.980. The van der Waals surface area contributed by atoms with Gasteiger partial charge in [-0.2, -0.15) is 0 Å². The molecule has 0 fully saturated rings. The second kappa shape index (κ2) is 3.22. The quantitative estimate of drug-likeness (QED) is 0.410. The van der Waals surface area contributed by atoms with Crippen molar-refractivity contribution in [2.45, 2.75) is 0 Å². The first-order valence-electron chi connectivity index (χ1n) is 1.94. The van der Waals surface area contributed by atoms with Gasteiger partial charge in [-0.3, -0.25) is 0 Å². The summed E-state index contributed by atoms with van der Waals surface area (Å²) in [5.41, 5.74) is 0. The molecule has 1 nitrogen and oxygen atoms in total. The van der Waals surface area contributed by atoms with Crippen molar-refractivity contribution < 1.29 is 5.11 Å². The molecule has 0 unspecified atom stereocenters. The average molecular weight is 96.1 g/mol. The molecule has 0 bridgehead atoms. The topological polar surface area (TPSA) is 20.2 Å². The highest BCUT2D eigenvalue weighted by atomic mass is 16.3. The standard InChI is InChI=1S/C6H8O/c1-3-4-5-6(2)7/h3-5,7H,1-2H2/b5-4-. The molecule has 7 heavy (non-hydrogen) atoms. The Labute approximate surface area is 43.3 Å². The molecule has 0 saturated carbocycles. The van der Waals surface area contributed by atoms with E-state index in [1.165, 1.54) is 6.08 Å². The highest BCUT2D eigenvalue weighted by Crippen LogP contribution is 1.82. The first-order chi connectivity index (χ1) is 3.27. The predicted molar refractivity (Wildman–Crippen MR) is 31.1 cm³/mol. The van der Waals surface area contributed by atoms with Gasteiger partial charge < -0.3 is 5.11 Å². The van der Waals surface area contributed by atoms with E-state index in [1.807, 2.05) is 0 Å². The van der Waals surface area contributed by atoms with E-state index >= 15 is 0 Å². The summed E-state index contributed by atoms with van der Waals surface area (Å²) in [6.07, 6.45) is 4.65. The minimum Gasteiger partial charge on any atom is -0.509 e. The van der Waals surface area contributed by atoms with Gasteiger partial charge in [-0.25, -0.2) is 0 Å². The highest BCUT2D eigenvalue weighted by molar-refractivity contribution is 5.10. The lowest BCUT2D eigenvalue weighted by Crippen LogP contribution is -1.62. The van der Waals surface area contributed by atoms with Gasteiger partial charge in [-0.05, 0) is 6.08 Å². The van der Waals surface area contributed by atoms with Gasteiger partial charge in [0.05, 0.1) is 0 Å². The molecule has 0 radical (unpaired) electrons. The Balaban J connectivity index is 3.46. The molecular formula is C6H8O. The Morgan fingerprint density at radius 3 is 2.29 bits per heavy atom. The summed E-state index contributed by atoms with van der Waals surface area (Å²) >= 11 is 0. The van der Waals surface area contributed by atoms with Crippen LogP contribution in [0.1, 0.15) is 0 Å². The van der Waals surface area contributed by atoms with Crippen LogP contribution in [-0.4, -0.2) is 5.11 Å². The monoisotopic (exact) mass is 96.1 g/mol. The molecule has 0 saturated heterocycles. The zero-order valence-corrected chi connectivity index (χ0v) is 4.09. The molecule has 0 aromatic heterocycles. The molecule has 0 amide bonds. The third-order valence-corrected chi connectivity index (χ3v) is 0.425. The molecular weight excluding hydrogens is 88.1 g/mol. The molecule has 1 heteroatoms. The maximum atomic E-state index is 8.35. The molecule has 0 atom stereocenters. The predicted octanol–water partition coefficient (Wildman–Crippen LogP) is 1.80. The van der Waals surface area contributed by atoms with E-state index in [0.29, 0.717) is 0 Å². The largest absolute Gasteiger partial charge is 0.509 e. The molecule has 0 aliphatic heterocycles. The summed E-state index contributed by atoms with van der Waals surface area (Å²) in [5, 5.41) is 8.35. The van der Waals surface area contributed by atoms with Crippen LogP contribution in [0.5, 0.6) is 0 Å². The lowest BCUT2D eigenvalue weighted by Gasteiger charge is -1.77. The SMILES string of the molecule is C=C/C=C\C(=C)O. The zero-order chi connectivity index (χ0) is 5.70. The third kappa shape index (κ3) is 5.02. The molecule has 0 aliphatic rings. The first-order valence-corrected chi connectivity index (χ1v) is 1.94. The fourth-order valence-electron chi connectivity index (χ4n) is 0.179. The van der Waals surface area contributed by atoms with Crippen molar-refractivity contribution >= 4 is 0 Å². The normalized spacial score (nSPS) is 9.14. The molecule has 0 rings (SSSR count). The van der Waals surface area contributed by atoms with Gasteiger partial charge in [0, 0.05) is 0 Å². The van der Waals surface area contributed by atoms with Crippen molar-refractivity contribution in [2.24, 2.45) is 0 Å². The van der Waals surface area contributed by atoms with Crippen LogP contribution in [0.15, 0.2) is 37.1 Å². The van der Waals surface area contributed by atoms with Crippen LogP contribution in [0, 0.1) is 0 Å². The Morgan fingerprint density at radius 1 is 1.57 bits per heavy atom. The summed E-state index contributed by atoms with van der Waals surface area (Å²) in [6.45, 7) is 6.61. The molecule has 0 aromatic rings. The summed E-state index contributed by atoms with van der Waals surface area (Å²) in [5.74, 6) is 0.0555. The van der Waals surface area contributed by atoms with Crippen LogP contribution in [-0.2, 0) is 0 Å². The third-order valence-electron chi connectivity index (χ3n) is 0.425. The van der Waals surface area contributed by atoms with Gasteiger partial charge in [0.15, 0.2) is 0 Å². The van der Waals surface area contributed by atoms with E-state index in [0.717, 1.165) is 0 Å². The second-order valence-electron chi connectivity index (χ2n) is 1.09. The van der Waals surface area contributed by atoms with Crippen LogP contribution in [0.25, 0.3) is 0 Å². The number of aliphatic hydroxyl groups excluding tert-OH is 1. The summed E-state index contributed by atoms with van der Waals surface area (Å²) in [7, 11) is 0. The van der Waals surface area contributed by atoms with Gasteiger partial charge >= 0.3 is 0 Å². The van der Waals surface area contributed by atoms with Gasteiger partial charge in [0.2, 0.25) is 0 Å². The van der Waals surface area contributed by atoms with E-state index in [-0.39, 0.29) is 5.76 Å². The van der Waals surface area contributed by atoms with Gasteiger partial charge in [0.1, 0.15) is 5.76 Å². The molecule has 0 heterocycles. The van der Waals surface area contributed by atoms with E-state index in [4.69, 9.17) is 5.11 Å². The van der Waals surface area contributed by atoms with E-state index < -0.39 is 0 Å². The zero-order valence-electron chi connectivity index (χ0n) is 4.09. The van der Waals surface area contributed by atoms with Crippen molar-refractivity contribution in [3.05, 3.63) is 37.1 Å². The maximum absolute atomic E-state index is 8.35. The van der Waals surface area contributed by atoms with Gasteiger partial charge in [-0.15, -0.1) is 0 Å². The van der Waals surface area contributed by atoms with Crippen LogP contribution >= 0.6 is 0 Å². The Bertz CT molecular complexity index is 101. The molecule has 0 aromatic carbocycles. The molecule has 1 N–H and O–H groups in total. The number of allylic oxidation sites excluding steroid dienone is 3. The lowest BCUT2D eigenvalue weighted by molar-refractivity contribution is 0.435. The fourth-order valence-corrected chi connectivity index (χ4v) is 0.179. The minimum atomic E-state index is 0.0555. The minimum absolute atomic E-state index is 0.0555. The van der Waals surface area contributed by atoms with Crippen LogP contribution < -0.4 is 0 Å². The van der Waals surface area contributed by atoms with E-state index in [1.54, 1.807) is 12.2 Å². The van der Waals surface area contributed by atoms with Crippen LogP contribution in [0.2, 0.25) is 0 Å². The van der Waals surface area contributed by atoms with Crippen molar-refractivity contribution in [2.75, 3.05) is 0 Å². The van der Waals surface area contributed by atoms with Gasteiger partial charge in [0.25, 0.3) is 0 Å². The van der Waals surface area contributed by atoms with Crippen molar-refractivity contribution in [1.29, 1.82) is 0 Å². The van der Waals surface area contributed by atoms with Crippen LogP contribution in [0.4, 0.5) is 0 Å². The molecule has 0 spiro atoms. The Morgan fingerprint density at radius 2 is 2.14 bits per heavy atom. The summed E-state index contributed by atoms with van der Waals surface area (Å²) in [4.78, 5) is 0. The summed E-state index contributed by atoms with van der Waals surface area (Å²) in [6, 6.07) is 0. The summed E-state index contributed by atoms with van der Waals surface area (Å²) < 4.78 is 0. The van der Waals surface area contributed by atoms with E-state index in [9.17, 15) is 0 Å². The number of hydrogen-bond donors (Lipinski definition) is 1. The number of rotatable bonds is 2. The highest BCUT2D eigenvalue weighted by Gasteiger charge is 1.68. The molecule has 0 aliphatic carbocycles.